The molecule has 3 aromatic carbocycles. The van der Waals surface area contributed by atoms with Gasteiger partial charge in [-0.1, -0.05) is 126 Å². The van der Waals surface area contributed by atoms with Crippen LogP contribution >= 0.6 is 0 Å². The summed E-state index contributed by atoms with van der Waals surface area (Å²) in [5, 5.41) is 5.99. The van der Waals surface area contributed by atoms with Crippen LogP contribution in [0.1, 0.15) is 63.8 Å². The molecule has 0 aliphatic heterocycles. The molecule has 198 valence electrons. The molecule has 0 unspecified atom stereocenters. The smallest absolute Gasteiger partial charge is 0.230 e. The van der Waals surface area contributed by atoms with Crippen LogP contribution in [0.25, 0.3) is 0 Å². The van der Waals surface area contributed by atoms with Crippen LogP contribution in [0.15, 0.2) is 94.9 Å². The molecular formula is C32H38N4O2. The first kappa shape index (κ1) is 28.5. The van der Waals surface area contributed by atoms with Crippen molar-refractivity contribution < 1.29 is 9.59 Å². The Hall–Kier alpha value is -4.06. The number of amides is 2. The Bertz CT molecular complexity index is 1200. The van der Waals surface area contributed by atoms with E-state index in [0.717, 1.165) is 22.3 Å². The van der Waals surface area contributed by atoms with Gasteiger partial charge in [-0.15, -0.1) is 0 Å². The molecule has 2 N–H and O–H groups in total. The third-order valence-corrected chi connectivity index (χ3v) is 5.75. The van der Waals surface area contributed by atoms with Gasteiger partial charge in [0.2, 0.25) is 11.8 Å². The van der Waals surface area contributed by atoms with Gasteiger partial charge in [0.25, 0.3) is 0 Å². The van der Waals surface area contributed by atoms with E-state index >= 15 is 0 Å². The predicted molar refractivity (Wildman–Crippen MR) is 155 cm³/mol. The first-order valence-electron chi connectivity index (χ1n) is 12.8. The maximum absolute atomic E-state index is 12.7. The van der Waals surface area contributed by atoms with Crippen molar-refractivity contribution in [2.45, 2.75) is 54.6 Å². The van der Waals surface area contributed by atoms with Crippen molar-refractivity contribution in [2.75, 3.05) is 0 Å². The Morgan fingerprint density at radius 2 is 0.947 bits per heavy atom. The third kappa shape index (κ3) is 8.51. The fraction of sp³-hybridized carbons (Fsp3) is 0.312. The molecule has 0 heterocycles. The van der Waals surface area contributed by atoms with E-state index < -0.39 is 10.8 Å². The molecule has 0 aromatic heterocycles. The van der Waals surface area contributed by atoms with Crippen molar-refractivity contribution in [3.8, 4) is 0 Å². The van der Waals surface area contributed by atoms with Gasteiger partial charge in [0, 0.05) is 22.0 Å². The highest BCUT2D eigenvalue weighted by Gasteiger charge is 2.24. The van der Waals surface area contributed by atoms with E-state index in [4.69, 9.17) is 9.98 Å². The molecule has 0 atom stereocenters. The van der Waals surface area contributed by atoms with Crippen molar-refractivity contribution in [3.63, 3.8) is 0 Å². The molecular weight excluding hydrogens is 472 g/mol. The number of benzene rings is 3. The minimum Gasteiger partial charge on any atom is -0.310 e. The lowest BCUT2D eigenvalue weighted by atomic mass is 9.95. The molecule has 0 saturated carbocycles. The summed E-state index contributed by atoms with van der Waals surface area (Å²) in [6.07, 6.45) is 0. The van der Waals surface area contributed by atoms with Crippen LogP contribution in [-0.2, 0) is 22.7 Å². The predicted octanol–water partition coefficient (Wildman–Crippen LogP) is 5.90. The van der Waals surface area contributed by atoms with Gasteiger partial charge in [0.1, 0.15) is 11.7 Å². The molecule has 2 amide bonds. The molecule has 3 rings (SSSR count). The summed E-state index contributed by atoms with van der Waals surface area (Å²) in [6, 6.07) is 27.3. The van der Waals surface area contributed by atoms with Gasteiger partial charge in [-0.3, -0.25) is 19.6 Å². The Labute approximate surface area is 226 Å². The van der Waals surface area contributed by atoms with Gasteiger partial charge in [0.15, 0.2) is 0 Å². The zero-order valence-corrected chi connectivity index (χ0v) is 23.2. The minimum atomic E-state index is -0.535. The van der Waals surface area contributed by atoms with Crippen LogP contribution in [0.2, 0.25) is 0 Å². The molecule has 0 radical (unpaired) electrons. The number of hydrogen-bond donors (Lipinski definition) is 2. The summed E-state index contributed by atoms with van der Waals surface area (Å²) in [7, 11) is 0. The standard InChI is InChI=1S/C32H38N4O2/c1-31(2,3)29(37)35-27(25-16-9-7-10-17-25)33-21-23-14-13-15-24(20-23)22-34-28(26-18-11-8-12-19-26)36-30(38)32(4,5)6/h7-20H,21-22H2,1-6H3,(H,33,35,37)(H,34,36,38). The normalized spacial score (nSPS) is 12.7. The number of nitrogens with one attached hydrogen (secondary N) is 2. The monoisotopic (exact) mass is 510 g/mol. The molecule has 3 aromatic rings. The Morgan fingerprint density at radius 1 is 0.579 bits per heavy atom. The molecule has 0 saturated heterocycles. The highest BCUT2D eigenvalue weighted by molar-refractivity contribution is 6.09. The van der Waals surface area contributed by atoms with E-state index in [1.165, 1.54) is 0 Å². The van der Waals surface area contributed by atoms with Gasteiger partial charge >= 0.3 is 0 Å². The van der Waals surface area contributed by atoms with Crippen LogP contribution < -0.4 is 10.6 Å². The van der Waals surface area contributed by atoms with Crippen LogP contribution in [0.5, 0.6) is 0 Å². The lowest BCUT2D eigenvalue weighted by Gasteiger charge is -2.19. The van der Waals surface area contributed by atoms with E-state index in [9.17, 15) is 9.59 Å². The van der Waals surface area contributed by atoms with Crippen molar-refractivity contribution in [1.82, 2.24) is 10.6 Å². The third-order valence-electron chi connectivity index (χ3n) is 5.75. The summed E-state index contributed by atoms with van der Waals surface area (Å²) < 4.78 is 0. The largest absolute Gasteiger partial charge is 0.310 e. The minimum absolute atomic E-state index is 0.0889. The average molecular weight is 511 g/mol. The van der Waals surface area contributed by atoms with Crippen LogP contribution in [0.3, 0.4) is 0 Å². The number of amidine groups is 2. The van der Waals surface area contributed by atoms with Gasteiger partial charge < -0.3 is 10.6 Å². The topological polar surface area (TPSA) is 82.9 Å². The number of hydrogen-bond acceptors (Lipinski definition) is 4. The first-order chi connectivity index (χ1) is 17.9. The van der Waals surface area contributed by atoms with E-state index in [1.807, 2.05) is 120 Å². The SMILES string of the molecule is CC(C)(C)C(=O)NC(=NCc1cccc(CN=C(NC(=O)C(C)(C)C)c2ccccc2)c1)c1ccccc1. The molecule has 0 bridgehead atoms. The molecule has 6 heteroatoms. The molecule has 0 aliphatic rings. The second-order valence-electron chi connectivity index (χ2n) is 11.3. The number of aliphatic imine (C=N–C) groups is 2. The zero-order valence-electron chi connectivity index (χ0n) is 23.2. The number of rotatable bonds is 6. The van der Waals surface area contributed by atoms with Crippen LogP contribution in [0, 0.1) is 10.8 Å². The highest BCUT2D eigenvalue weighted by Crippen LogP contribution is 2.16. The maximum atomic E-state index is 12.7. The second kappa shape index (κ2) is 12.5. The van der Waals surface area contributed by atoms with E-state index in [1.54, 1.807) is 0 Å². The van der Waals surface area contributed by atoms with Crippen molar-refractivity contribution in [3.05, 3.63) is 107 Å². The van der Waals surface area contributed by atoms with E-state index in [0.29, 0.717) is 24.8 Å². The average Bonchev–Trinajstić information content (AvgIpc) is 2.88. The molecule has 38 heavy (non-hydrogen) atoms. The maximum Gasteiger partial charge on any atom is 0.230 e. The lowest BCUT2D eigenvalue weighted by molar-refractivity contribution is -0.127. The molecule has 0 fully saturated rings. The van der Waals surface area contributed by atoms with Gasteiger partial charge in [-0.2, -0.15) is 0 Å². The molecule has 6 nitrogen and oxygen atoms in total. The summed E-state index contributed by atoms with van der Waals surface area (Å²) >= 11 is 0. The second-order valence-corrected chi connectivity index (χ2v) is 11.3. The van der Waals surface area contributed by atoms with Gasteiger partial charge in [-0.25, -0.2) is 0 Å². The summed E-state index contributed by atoms with van der Waals surface area (Å²) in [5.41, 5.74) is 2.63. The Kier molecular flexibility index (Phi) is 9.35. The van der Waals surface area contributed by atoms with E-state index in [2.05, 4.69) is 16.7 Å². The van der Waals surface area contributed by atoms with Crippen molar-refractivity contribution in [1.29, 1.82) is 0 Å². The fourth-order valence-electron chi connectivity index (χ4n) is 3.36. The molecule has 0 spiro atoms. The Morgan fingerprint density at radius 3 is 1.29 bits per heavy atom. The summed E-state index contributed by atoms with van der Waals surface area (Å²) in [4.78, 5) is 34.9. The van der Waals surface area contributed by atoms with Crippen LogP contribution in [0.4, 0.5) is 0 Å². The van der Waals surface area contributed by atoms with Gasteiger partial charge in [-0.05, 0) is 11.1 Å². The Balaban J connectivity index is 1.83. The molecule has 0 aliphatic carbocycles. The number of carbonyl (C=O) groups excluding carboxylic acids is 2. The number of nitrogens with zero attached hydrogens (tertiary/aromatic N) is 2. The lowest BCUT2D eigenvalue weighted by Crippen LogP contribution is -2.39. The summed E-state index contributed by atoms with van der Waals surface area (Å²) in [5.74, 6) is 0.915. The van der Waals surface area contributed by atoms with Crippen molar-refractivity contribution in [2.24, 2.45) is 20.8 Å². The van der Waals surface area contributed by atoms with E-state index in [-0.39, 0.29) is 11.8 Å². The quantitative estimate of drug-likeness (QED) is 0.319. The van der Waals surface area contributed by atoms with Crippen LogP contribution in [-0.4, -0.2) is 23.5 Å². The highest BCUT2D eigenvalue weighted by atomic mass is 16.2. The van der Waals surface area contributed by atoms with Crippen molar-refractivity contribution >= 4 is 23.5 Å². The number of carbonyl (C=O) groups is 2. The fourth-order valence-corrected chi connectivity index (χ4v) is 3.36. The zero-order chi connectivity index (χ0) is 27.8. The summed E-state index contributed by atoms with van der Waals surface area (Å²) in [6.45, 7) is 12.1. The first-order valence-corrected chi connectivity index (χ1v) is 12.8. The van der Waals surface area contributed by atoms with Gasteiger partial charge in [0.05, 0.1) is 13.1 Å².